The maximum atomic E-state index is 14.0. The molecule has 4 rings (SSSR count). The summed E-state index contributed by atoms with van der Waals surface area (Å²) in [5, 5.41) is 9.26. The lowest BCUT2D eigenvalue weighted by Crippen LogP contribution is -2.56. The number of likely N-dealkylation sites (tertiary alicyclic amines) is 1. The number of aliphatic hydroxyl groups excluding tert-OH is 1. The van der Waals surface area contributed by atoms with Crippen LogP contribution in [0.15, 0.2) is 24.3 Å². The Balaban J connectivity index is 1.76. The number of hydrogen-bond acceptors (Lipinski definition) is 6. The zero-order valence-corrected chi connectivity index (χ0v) is 19.7. The van der Waals surface area contributed by atoms with Crippen LogP contribution in [0, 0.1) is 11.8 Å². The third-order valence-corrected chi connectivity index (χ3v) is 7.43. The van der Waals surface area contributed by atoms with Gasteiger partial charge in [0.05, 0.1) is 18.6 Å². The number of carbonyl (C=O) groups excluding carboxylic acids is 3. The standard InChI is InChI=1S/C25H36N2O6/c1-3-10-17(2)26-14-9-12-25-20(19-18(33-25)11-5-4-8-16-32-24(19)31)22(29)27(13-6-7-15-28)21(25)23(26)30/h5,9,11-12,17-21,28H,3-4,6-8,10,13-16H2,1-2H3/b11-5-/t17?,18-,19+,20-,21?,25-/m0/s1. The van der Waals surface area contributed by atoms with Crippen LogP contribution in [0.2, 0.25) is 0 Å². The van der Waals surface area contributed by atoms with Crippen LogP contribution in [-0.2, 0) is 23.9 Å². The van der Waals surface area contributed by atoms with Crippen LogP contribution in [0.25, 0.3) is 0 Å². The van der Waals surface area contributed by atoms with Gasteiger partial charge in [-0.15, -0.1) is 0 Å². The van der Waals surface area contributed by atoms with Crippen molar-refractivity contribution in [2.75, 3.05) is 26.3 Å². The number of rotatable bonds is 7. The van der Waals surface area contributed by atoms with Crippen molar-refractivity contribution in [3.63, 3.8) is 0 Å². The van der Waals surface area contributed by atoms with Crippen molar-refractivity contribution in [1.82, 2.24) is 9.80 Å². The van der Waals surface area contributed by atoms with Gasteiger partial charge in [-0.05, 0) is 39.0 Å². The van der Waals surface area contributed by atoms with E-state index in [0.717, 1.165) is 25.7 Å². The van der Waals surface area contributed by atoms with Crippen molar-refractivity contribution >= 4 is 17.8 Å². The van der Waals surface area contributed by atoms with Crippen LogP contribution < -0.4 is 0 Å². The van der Waals surface area contributed by atoms with Gasteiger partial charge in [0.25, 0.3) is 0 Å². The van der Waals surface area contributed by atoms with Gasteiger partial charge >= 0.3 is 5.97 Å². The molecule has 2 unspecified atom stereocenters. The van der Waals surface area contributed by atoms with Crippen molar-refractivity contribution in [2.45, 2.75) is 76.2 Å². The first-order chi connectivity index (χ1) is 16.0. The van der Waals surface area contributed by atoms with Crippen LogP contribution in [0.3, 0.4) is 0 Å². The fraction of sp³-hybridized carbons (Fsp3) is 0.720. The van der Waals surface area contributed by atoms with Crippen LogP contribution in [0.4, 0.5) is 0 Å². The Morgan fingerprint density at radius 2 is 2.03 bits per heavy atom. The number of nitrogens with zero attached hydrogens (tertiary/aromatic N) is 2. The molecule has 1 spiro atoms. The van der Waals surface area contributed by atoms with Crippen LogP contribution in [0.5, 0.6) is 0 Å². The zero-order chi connectivity index (χ0) is 23.6. The van der Waals surface area contributed by atoms with E-state index in [-0.39, 0.29) is 24.5 Å². The highest BCUT2D eigenvalue weighted by atomic mass is 16.6. The second kappa shape index (κ2) is 9.97. The number of aliphatic hydroxyl groups is 1. The molecule has 0 aliphatic carbocycles. The van der Waals surface area contributed by atoms with Gasteiger partial charge in [0.2, 0.25) is 11.8 Å². The molecule has 1 N–H and O–H groups in total. The Morgan fingerprint density at radius 1 is 1.21 bits per heavy atom. The van der Waals surface area contributed by atoms with E-state index in [0.29, 0.717) is 32.5 Å². The number of fused-ring (bicyclic) bond motifs is 2. The molecular formula is C25H36N2O6. The zero-order valence-electron chi connectivity index (χ0n) is 19.7. The average molecular weight is 461 g/mol. The predicted molar refractivity (Wildman–Crippen MR) is 121 cm³/mol. The minimum absolute atomic E-state index is 0.0209. The molecule has 6 atom stereocenters. The average Bonchev–Trinajstić information content (AvgIpc) is 3.19. The molecule has 0 aromatic carbocycles. The molecule has 0 aromatic rings. The van der Waals surface area contributed by atoms with Crippen LogP contribution >= 0.6 is 0 Å². The van der Waals surface area contributed by atoms with Gasteiger partial charge in [-0.25, -0.2) is 0 Å². The van der Waals surface area contributed by atoms with Gasteiger partial charge in [0.1, 0.15) is 17.6 Å². The quantitative estimate of drug-likeness (QED) is 0.354. The largest absolute Gasteiger partial charge is 0.465 e. The molecule has 2 saturated heterocycles. The molecule has 4 heterocycles. The summed E-state index contributed by atoms with van der Waals surface area (Å²) in [6.45, 7) is 5.23. The molecule has 0 saturated carbocycles. The van der Waals surface area contributed by atoms with E-state index in [9.17, 15) is 19.5 Å². The van der Waals surface area contributed by atoms with E-state index < -0.39 is 35.6 Å². The molecule has 2 amide bonds. The third kappa shape index (κ3) is 4.12. The highest BCUT2D eigenvalue weighted by molar-refractivity contribution is 5.99. The van der Waals surface area contributed by atoms with E-state index in [4.69, 9.17) is 9.47 Å². The Bertz CT molecular complexity index is 826. The first-order valence-corrected chi connectivity index (χ1v) is 12.4. The second-order valence-corrected chi connectivity index (χ2v) is 9.57. The molecule has 4 aliphatic heterocycles. The minimum Gasteiger partial charge on any atom is -0.465 e. The van der Waals surface area contributed by atoms with Crippen molar-refractivity contribution in [2.24, 2.45) is 11.8 Å². The summed E-state index contributed by atoms with van der Waals surface area (Å²) in [4.78, 5) is 44.3. The fourth-order valence-electron chi connectivity index (χ4n) is 5.87. The number of amides is 2. The highest BCUT2D eigenvalue weighted by Gasteiger charge is 2.71. The molecule has 8 heteroatoms. The lowest BCUT2D eigenvalue weighted by atomic mass is 9.78. The molecule has 33 heavy (non-hydrogen) atoms. The van der Waals surface area contributed by atoms with Gasteiger partial charge < -0.3 is 24.4 Å². The topological polar surface area (TPSA) is 96.4 Å². The van der Waals surface area contributed by atoms with Crippen molar-refractivity contribution in [3.8, 4) is 0 Å². The normalized spacial score (nSPS) is 35.7. The molecule has 182 valence electrons. The maximum Gasteiger partial charge on any atom is 0.312 e. The van der Waals surface area contributed by atoms with E-state index in [1.807, 2.05) is 36.1 Å². The molecule has 8 nitrogen and oxygen atoms in total. The number of ether oxygens (including phenoxy) is 2. The number of carbonyl (C=O) groups is 3. The Labute approximate surface area is 195 Å². The summed E-state index contributed by atoms with van der Waals surface area (Å²) >= 11 is 0. The lowest BCUT2D eigenvalue weighted by Gasteiger charge is -2.37. The molecule has 2 fully saturated rings. The van der Waals surface area contributed by atoms with Gasteiger partial charge in [-0.2, -0.15) is 0 Å². The van der Waals surface area contributed by atoms with E-state index in [2.05, 4.69) is 6.92 Å². The van der Waals surface area contributed by atoms with Crippen LogP contribution in [-0.4, -0.2) is 82.8 Å². The fourth-order valence-corrected chi connectivity index (χ4v) is 5.87. The van der Waals surface area contributed by atoms with E-state index >= 15 is 0 Å². The number of cyclic esters (lactones) is 1. The van der Waals surface area contributed by atoms with Crippen LogP contribution in [0.1, 0.15) is 52.4 Å². The Morgan fingerprint density at radius 3 is 2.79 bits per heavy atom. The Kier molecular flexibility index (Phi) is 7.24. The smallest absolute Gasteiger partial charge is 0.312 e. The molecule has 4 aliphatic rings. The Hall–Kier alpha value is -2.19. The molecule has 0 radical (unpaired) electrons. The van der Waals surface area contributed by atoms with E-state index in [1.54, 1.807) is 4.90 Å². The predicted octanol–water partition coefficient (Wildman–Crippen LogP) is 1.82. The first kappa shape index (κ1) is 24.0. The van der Waals surface area contributed by atoms with Gasteiger partial charge in [0.15, 0.2) is 0 Å². The van der Waals surface area contributed by atoms with Crippen molar-refractivity contribution in [1.29, 1.82) is 0 Å². The SMILES string of the molecule is CCCC(C)N1CC=C[C@]23O[C@H]4/C=C\CCCOC(=O)[C@H]4[C@H]2C(=O)N(CCCCO)C3C1=O. The summed E-state index contributed by atoms with van der Waals surface area (Å²) in [7, 11) is 0. The van der Waals surface area contributed by atoms with Gasteiger partial charge in [0, 0.05) is 25.7 Å². The highest BCUT2D eigenvalue weighted by Crippen LogP contribution is 2.53. The summed E-state index contributed by atoms with van der Waals surface area (Å²) in [6.07, 6.45) is 11.4. The second-order valence-electron chi connectivity index (χ2n) is 9.57. The van der Waals surface area contributed by atoms with Crippen molar-refractivity contribution in [3.05, 3.63) is 24.3 Å². The lowest BCUT2D eigenvalue weighted by molar-refractivity contribution is -0.155. The van der Waals surface area contributed by atoms with E-state index in [1.165, 1.54) is 0 Å². The van der Waals surface area contributed by atoms with Gasteiger partial charge in [-0.1, -0.05) is 37.6 Å². The maximum absolute atomic E-state index is 14.0. The summed E-state index contributed by atoms with van der Waals surface area (Å²) in [5.74, 6) is -2.39. The molecule has 0 bridgehead atoms. The van der Waals surface area contributed by atoms with Gasteiger partial charge in [-0.3, -0.25) is 14.4 Å². The first-order valence-electron chi connectivity index (χ1n) is 12.4. The number of unbranched alkanes of at least 4 members (excludes halogenated alkanes) is 1. The minimum atomic E-state index is -1.20. The monoisotopic (exact) mass is 460 g/mol. The third-order valence-electron chi connectivity index (χ3n) is 7.43. The summed E-state index contributed by atoms with van der Waals surface area (Å²) < 4.78 is 12.1. The summed E-state index contributed by atoms with van der Waals surface area (Å²) in [5.41, 5.74) is -1.20. The number of allylic oxidation sites excluding steroid dienone is 1. The molecule has 0 aromatic heterocycles. The van der Waals surface area contributed by atoms with Crippen molar-refractivity contribution < 1.29 is 29.0 Å². The number of hydrogen-bond donors (Lipinski definition) is 1. The molecular weight excluding hydrogens is 424 g/mol. The summed E-state index contributed by atoms with van der Waals surface area (Å²) in [6, 6.07) is -0.803. The number of esters is 1.